The molecule has 1 aliphatic heterocycles. The number of carbonyl (C=O) groups is 1. The van der Waals surface area contributed by atoms with Crippen LogP contribution in [0.3, 0.4) is 0 Å². The van der Waals surface area contributed by atoms with Crippen LogP contribution in [0.15, 0.2) is 29.0 Å². The van der Waals surface area contributed by atoms with E-state index in [0.29, 0.717) is 5.92 Å². The smallest absolute Gasteiger partial charge is 0.216 e. The van der Waals surface area contributed by atoms with Crippen molar-refractivity contribution in [1.82, 2.24) is 15.3 Å². The Morgan fingerprint density at radius 2 is 2.32 bits per heavy atom. The van der Waals surface area contributed by atoms with Crippen LogP contribution < -0.4 is 10.2 Å². The van der Waals surface area contributed by atoms with Gasteiger partial charge in [0, 0.05) is 36.4 Å². The Morgan fingerprint density at radius 3 is 3.14 bits per heavy atom. The van der Waals surface area contributed by atoms with E-state index in [1.807, 2.05) is 12.1 Å². The van der Waals surface area contributed by atoms with Crippen molar-refractivity contribution in [3.63, 3.8) is 0 Å². The van der Waals surface area contributed by atoms with Gasteiger partial charge in [-0.2, -0.15) is 0 Å². The summed E-state index contributed by atoms with van der Waals surface area (Å²) in [4.78, 5) is 22.3. The van der Waals surface area contributed by atoms with Gasteiger partial charge in [0.2, 0.25) is 5.91 Å². The third kappa shape index (κ3) is 3.38. The first-order valence-electron chi connectivity index (χ1n) is 7.53. The van der Waals surface area contributed by atoms with Gasteiger partial charge in [0.1, 0.15) is 12.1 Å². The van der Waals surface area contributed by atoms with Gasteiger partial charge in [0.05, 0.1) is 5.52 Å². The molecule has 1 fully saturated rings. The maximum absolute atomic E-state index is 11.1. The molecule has 1 aromatic heterocycles. The van der Waals surface area contributed by atoms with Gasteiger partial charge in [-0.3, -0.25) is 4.79 Å². The average molecular weight is 363 g/mol. The molecule has 5 nitrogen and oxygen atoms in total. The lowest BCUT2D eigenvalue weighted by Gasteiger charge is -2.34. The van der Waals surface area contributed by atoms with Crippen molar-refractivity contribution < 1.29 is 4.79 Å². The average Bonchev–Trinajstić information content (AvgIpc) is 2.52. The first-order valence-corrected chi connectivity index (χ1v) is 8.32. The van der Waals surface area contributed by atoms with E-state index in [-0.39, 0.29) is 5.91 Å². The lowest BCUT2D eigenvalue weighted by Crippen LogP contribution is -2.41. The largest absolute Gasteiger partial charge is 0.356 e. The molecule has 3 rings (SSSR count). The molecule has 6 heteroatoms. The first kappa shape index (κ1) is 15.2. The number of halogens is 1. The topological polar surface area (TPSA) is 58.1 Å². The molecule has 22 heavy (non-hydrogen) atoms. The summed E-state index contributed by atoms with van der Waals surface area (Å²) in [5.74, 6) is 1.49. The highest BCUT2D eigenvalue weighted by Gasteiger charge is 2.22. The van der Waals surface area contributed by atoms with E-state index in [1.165, 1.54) is 0 Å². The Kier molecular flexibility index (Phi) is 4.57. The Balaban J connectivity index is 1.84. The summed E-state index contributed by atoms with van der Waals surface area (Å²) in [6.45, 7) is 4.21. The summed E-state index contributed by atoms with van der Waals surface area (Å²) < 4.78 is 1.03. The minimum absolute atomic E-state index is 0.0357. The van der Waals surface area contributed by atoms with Crippen molar-refractivity contribution in [2.24, 2.45) is 5.92 Å². The first-order chi connectivity index (χ1) is 10.6. The number of aromatic nitrogens is 2. The second-order valence-corrected chi connectivity index (χ2v) is 6.67. The van der Waals surface area contributed by atoms with Crippen LogP contribution in [0.25, 0.3) is 10.9 Å². The molecule has 0 radical (unpaired) electrons. The second kappa shape index (κ2) is 6.60. The molecule has 1 unspecified atom stereocenters. The number of nitrogens with one attached hydrogen (secondary N) is 1. The van der Waals surface area contributed by atoms with E-state index in [2.05, 4.69) is 42.2 Å². The Hall–Kier alpha value is -1.69. The van der Waals surface area contributed by atoms with Crippen LogP contribution in [-0.2, 0) is 4.79 Å². The van der Waals surface area contributed by atoms with Gasteiger partial charge in [-0.05, 0) is 37.0 Å². The van der Waals surface area contributed by atoms with Crippen molar-refractivity contribution >= 4 is 38.6 Å². The minimum Gasteiger partial charge on any atom is -0.356 e. The summed E-state index contributed by atoms with van der Waals surface area (Å²) in [7, 11) is 0. The van der Waals surface area contributed by atoms with Crippen molar-refractivity contribution in [2.45, 2.75) is 19.8 Å². The molecular weight excluding hydrogens is 344 g/mol. The van der Waals surface area contributed by atoms with Crippen LogP contribution in [0, 0.1) is 5.92 Å². The van der Waals surface area contributed by atoms with E-state index in [9.17, 15) is 4.79 Å². The predicted octanol–water partition coefficient (Wildman–Crippen LogP) is 2.74. The zero-order valence-corrected chi connectivity index (χ0v) is 14.1. The van der Waals surface area contributed by atoms with Crippen LogP contribution >= 0.6 is 15.9 Å². The molecule has 1 N–H and O–H groups in total. The van der Waals surface area contributed by atoms with Gasteiger partial charge < -0.3 is 10.2 Å². The molecule has 1 aliphatic rings. The standard InChI is InChI=1S/C16H19BrN4O/c1-11(22)18-8-12-3-2-6-21(9-12)16-14-7-13(17)4-5-15(14)19-10-20-16/h4-5,7,10,12H,2-3,6,8-9H2,1H3,(H,18,22). The Labute approximate surface area is 138 Å². The number of hydrogen-bond donors (Lipinski definition) is 1. The highest BCUT2D eigenvalue weighted by molar-refractivity contribution is 9.10. The molecular formula is C16H19BrN4O. The van der Waals surface area contributed by atoms with E-state index >= 15 is 0 Å². The van der Waals surface area contributed by atoms with Gasteiger partial charge in [-0.1, -0.05) is 15.9 Å². The van der Waals surface area contributed by atoms with Gasteiger partial charge in [-0.25, -0.2) is 9.97 Å². The van der Waals surface area contributed by atoms with Gasteiger partial charge in [0.15, 0.2) is 0 Å². The van der Waals surface area contributed by atoms with Crippen LogP contribution in [0.5, 0.6) is 0 Å². The maximum atomic E-state index is 11.1. The lowest BCUT2D eigenvalue weighted by molar-refractivity contribution is -0.119. The molecule has 0 aliphatic carbocycles. The maximum Gasteiger partial charge on any atom is 0.216 e. The van der Waals surface area contributed by atoms with E-state index in [1.54, 1.807) is 13.3 Å². The summed E-state index contributed by atoms with van der Waals surface area (Å²) >= 11 is 3.52. The third-order valence-electron chi connectivity index (χ3n) is 4.03. The molecule has 1 saturated heterocycles. The van der Waals surface area contributed by atoms with Crippen LogP contribution in [0.2, 0.25) is 0 Å². The monoisotopic (exact) mass is 362 g/mol. The summed E-state index contributed by atoms with van der Waals surface area (Å²) in [6, 6.07) is 6.07. The SMILES string of the molecule is CC(=O)NCC1CCCN(c2ncnc3ccc(Br)cc23)C1. The van der Waals surface area contributed by atoms with E-state index < -0.39 is 0 Å². The van der Waals surface area contributed by atoms with E-state index in [0.717, 1.165) is 53.7 Å². The molecule has 0 bridgehead atoms. The predicted molar refractivity (Wildman–Crippen MR) is 90.9 cm³/mol. The highest BCUT2D eigenvalue weighted by atomic mass is 79.9. The Bertz CT molecular complexity index is 691. The molecule has 2 heterocycles. The Morgan fingerprint density at radius 1 is 1.45 bits per heavy atom. The van der Waals surface area contributed by atoms with Crippen molar-refractivity contribution in [3.8, 4) is 0 Å². The zero-order valence-electron chi connectivity index (χ0n) is 12.6. The molecule has 116 valence electrons. The lowest BCUT2D eigenvalue weighted by atomic mass is 9.97. The fraction of sp³-hybridized carbons (Fsp3) is 0.438. The molecule has 1 aromatic carbocycles. The molecule has 1 amide bonds. The number of benzene rings is 1. The number of amides is 1. The molecule has 1 atom stereocenters. The highest BCUT2D eigenvalue weighted by Crippen LogP contribution is 2.29. The number of rotatable bonds is 3. The van der Waals surface area contributed by atoms with Gasteiger partial charge >= 0.3 is 0 Å². The van der Waals surface area contributed by atoms with Crippen molar-refractivity contribution in [1.29, 1.82) is 0 Å². The second-order valence-electron chi connectivity index (χ2n) is 5.75. The quantitative estimate of drug-likeness (QED) is 0.911. The summed E-state index contributed by atoms with van der Waals surface area (Å²) in [5.41, 5.74) is 0.956. The number of anilines is 1. The van der Waals surface area contributed by atoms with Crippen LogP contribution in [-0.4, -0.2) is 35.5 Å². The van der Waals surface area contributed by atoms with E-state index in [4.69, 9.17) is 0 Å². The third-order valence-corrected chi connectivity index (χ3v) is 4.53. The van der Waals surface area contributed by atoms with Gasteiger partial charge in [-0.15, -0.1) is 0 Å². The summed E-state index contributed by atoms with van der Waals surface area (Å²) in [5, 5.41) is 3.99. The van der Waals surface area contributed by atoms with Crippen LogP contribution in [0.4, 0.5) is 5.82 Å². The number of carbonyl (C=O) groups excluding carboxylic acids is 1. The molecule has 0 saturated carbocycles. The fourth-order valence-corrected chi connectivity index (χ4v) is 3.34. The number of fused-ring (bicyclic) bond motifs is 1. The number of hydrogen-bond acceptors (Lipinski definition) is 4. The molecule has 0 spiro atoms. The zero-order chi connectivity index (χ0) is 15.5. The molecule has 2 aromatic rings. The minimum atomic E-state index is 0.0357. The van der Waals surface area contributed by atoms with Gasteiger partial charge in [0.25, 0.3) is 0 Å². The van der Waals surface area contributed by atoms with Crippen LogP contribution in [0.1, 0.15) is 19.8 Å². The van der Waals surface area contributed by atoms with Crippen molar-refractivity contribution in [3.05, 3.63) is 29.0 Å². The summed E-state index contributed by atoms with van der Waals surface area (Å²) in [6.07, 6.45) is 3.89. The van der Waals surface area contributed by atoms with Crippen molar-refractivity contribution in [2.75, 3.05) is 24.5 Å². The fourth-order valence-electron chi connectivity index (χ4n) is 2.98. The normalized spacial score (nSPS) is 18.5. The number of piperidine rings is 1. The number of nitrogens with zero attached hydrogens (tertiary/aromatic N) is 3.